The number of alkyl carbamates (subject to hydrolysis) is 1. The molecule has 0 aliphatic heterocycles. The molecule has 0 saturated heterocycles. The van der Waals surface area contributed by atoms with E-state index in [1.807, 2.05) is 0 Å². The van der Waals surface area contributed by atoms with Gasteiger partial charge in [0.25, 0.3) is 0 Å². The van der Waals surface area contributed by atoms with E-state index < -0.39 is 29.4 Å². The SMILES string of the molecule is COC(=O)c1ccc(C(F)(F)F)cc1N[C@H]1CCCC[C@@H]1NC(=O)OC(C)(C)C. The summed E-state index contributed by atoms with van der Waals surface area (Å²) in [4.78, 5) is 24.2. The monoisotopic (exact) mass is 416 g/mol. The second-order valence-electron chi connectivity index (χ2n) is 8.04. The first-order valence-corrected chi connectivity index (χ1v) is 9.46. The van der Waals surface area contributed by atoms with Crippen LogP contribution in [0.2, 0.25) is 0 Å². The van der Waals surface area contributed by atoms with Crippen LogP contribution in [0.5, 0.6) is 0 Å². The van der Waals surface area contributed by atoms with Crippen LogP contribution in [-0.2, 0) is 15.7 Å². The van der Waals surface area contributed by atoms with E-state index in [1.165, 1.54) is 0 Å². The fourth-order valence-electron chi connectivity index (χ4n) is 3.26. The lowest BCUT2D eigenvalue weighted by molar-refractivity contribution is -0.137. The van der Waals surface area contributed by atoms with Crippen molar-refractivity contribution in [3.8, 4) is 0 Å². The zero-order valence-corrected chi connectivity index (χ0v) is 17.0. The van der Waals surface area contributed by atoms with E-state index >= 15 is 0 Å². The van der Waals surface area contributed by atoms with E-state index in [9.17, 15) is 22.8 Å². The molecule has 0 unspecified atom stereocenters. The van der Waals surface area contributed by atoms with Gasteiger partial charge in [0.15, 0.2) is 0 Å². The second kappa shape index (κ2) is 8.92. The van der Waals surface area contributed by atoms with E-state index in [4.69, 9.17) is 4.74 Å². The zero-order chi connectivity index (χ0) is 21.8. The standard InChI is InChI=1S/C20H27F3N2O4/c1-19(2,3)29-18(27)25-15-8-6-5-7-14(15)24-16-11-12(20(21,22)23)9-10-13(16)17(26)28-4/h9-11,14-15,24H,5-8H2,1-4H3,(H,25,27)/t14-,15-/m0/s1. The van der Waals surface area contributed by atoms with Gasteiger partial charge in [-0.2, -0.15) is 13.2 Å². The van der Waals surface area contributed by atoms with Crippen molar-refractivity contribution in [2.24, 2.45) is 0 Å². The van der Waals surface area contributed by atoms with Crippen LogP contribution in [0.3, 0.4) is 0 Å². The Labute approximate surface area is 168 Å². The molecule has 162 valence electrons. The number of halogens is 3. The Morgan fingerprint density at radius 3 is 2.24 bits per heavy atom. The molecule has 9 heteroatoms. The van der Waals surface area contributed by atoms with Crippen LogP contribution >= 0.6 is 0 Å². The molecule has 2 rings (SSSR count). The maximum absolute atomic E-state index is 13.1. The Kier molecular flexibility index (Phi) is 7.02. The highest BCUT2D eigenvalue weighted by atomic mass is 19.4. The number of alkyl halides is 3. The molecule has 1 aliphatic carbocycles. The van der Waals surface area contributed by atoms with Crippen molar-refractivity contribution < 1.29 is 32.2 Å². The van der Waals surface area contributed by atoms with Gasteiger partial charge >= 0.3 is 18.2 Å². The Balaban J connectivity index is 2.26. The van der Waals surface area contributed by atoms with Crippen LogP contribution in [-0.4, -0.2) is 36.9 Å². The van der Waals surface area contributed by atoms with Crippen molar-refractivity contribution in [1.82, 2.24) is 5.32 Å². The number of carbonyl (C=O) groups is 2. The first-order chi connectivity index (χ1) is 13.4. The summed E-state index contributed by atoms with van der Waals surface area (Å²) in [6.45, 7) is 5.23. The van der Waals surface area contributed by atoms with Crippen molar-refractivity contribution in [3.05, 3.63) is 29.3 Å². The van der Waals surface area contributed by atoms with Crippen LogP contribution in [0.25, 0.3) is 0 Å². The number of benzene rings is 1. The van der Waals surface area contributed by atoms with E-state index in [-0.39, 0.29) is 23.3 Å². The normalized spacial score (nSPS) is 20.0. The van der Waals surface area contributed by atoms with Gasteiger partial charge in [-0.1, -0.05) is 12.8 Å². The largest absolute Gasteiger partial charge is 0.465 e. The van der Waals surface area contributed by atoms with Gasteiger partial charge in [-0.25, -0.2) is 9.59 Å². The molecule has 1 aliphatic rings. The summed E-state index contributed by atoms with van der Waals surface area (Å²) in [5, 5.41) is 5.82. The maximum atomic E-state index is 13.1. The van der Waals surface area contributed by atoms with Crippen molar-refractivity contribution in [1.29, 1.82) is 0 Å². The van der Waals surface area contributed by atoms with Crippen molar-refractivity contribution >= 4 is 17.7 Å². The molecular weight excluding hydrogens is 389 g/mol. The van der Waals surface area contributed by atoms with Crippen LogP contribution in [0.4, 0.5) is 23.7 Å². The third-order valence-corrected chi connectivity index (χ3v) is 4.56. The van der Waals surface area contributed by atoms with Gasteiger partial charge in [0, 0.05) is 11.7 Å². The van der Waals surface area contributed by atoms with Gasteiger partial charge in [-0.3, -0.25) is 0 Å². The van der Waals surface area contributed by atoms with E-state index in [2.05, 4.69) is 15.4 Å². The third kappa shape index (κ3) is 6.54. The minimum absolute atomic E-state index is 0.00194. The molecule has 1 aromatic carbocycles. The quantitative estimate of drug-likeness (QED) is 0.694. The van der Waals surface area contributed by atoms with Crippen molar-refractivity contribution in [2.45, 2.75) is 70.3 Å². The lowest BCUT2D eigenvalue weighted by atomic mass is 9.90. The summed E-state index contributed by atoms with van der Waals surface area (Å²) >= 11 is 0. The summed E-state index contributed by atoms with van der Waals surface area (Å²) < 4.78 is 49.4. The number of methoxy groups -OCH3 is 1. The highest BCUT2D eigenvalue weighted by Crippen LogP contribution is 2.33. The van der Waals surface area contributed by atoms with Crippen LogP contribution < -0.4 is 10.6 Å². The highest BCUT2D eigenvalue weighted by Gasteiger charge is 2.33. The average molecular weight is 416 g/mol. The molecule has 2 atom stereocenters. The van der Waals surface area contributed by atoms with Crippen LogP contribution in [0.15, 0.2) is 18.2 Å². The summed E-state index contributed by atoms with van der Waals surface area (Å²) in [6, 6.07) is 2.12. The molecule has 0 spiro atoms. The number of anilines is 1. The minimum Gasteiger partial charge on any atom is -0.465 e. The van der Waals surface area contributed by atoms with E-state index in [0.29, 0.717) is 12.8 Å². The molecule has 1 aromatic rings. The molecule has 0 heterocycles. The van der Waals surface area contributed by atoms with E-state index in [0.717, 1.165) is 38.2 Å². The van der Waals surface area contributed by atoms with Crippen molar-refractivity contribution in [3.63, 3.8) is 0 Å². The lowest BCUT2D eigenvalue weighted by Gasteiger charge is -2.34. The first kappa shape index (κ1) is 22.8. The first-order valence-electron chi connectivity index (χ1n) is 9.46. The number of rotatable bonds is 4. The van der Waals surface area contributed by atoms with Crippen molar-refractivity contribution in [2.75, 3.05) is 12.4 Å². The van der Waals surface area contributed by atoms with Crippen LogP contribution in [0, 0.1) is 0 Å². The van der Waals surface area contributed by atoms with E-state index in [1.54, 1.807) is 20.8 Å². The number of hydrogen-bond acceptors (Lipinski definition) is 5. The minimum atomic E-state index is -4.55. The molecule has 1 saturated carbocycles. The smallest absolute Gasteiger partial charge is 0.416 e. The number of nitrogens with one attached hydrogen (secondary N) is 2. The number of amides is 1. The second-order valence-corrected chi connectivity index (χ2v) is 8.04. The number of ether oxygens (including phenoxy) is 2. The molecule has 0 bridgehead atoms. The third-order valence-electron chi connectivity index (χ3n) is 4.56. The predicted octanol–water partition coefficient (Wildman–Crippen LogP) is 4.74. The number of carbonyl (C=O) groups excluding carboxylic acids is 2. The number of hydrogen-bond donors (Lipinski definition) is 2. The van der Waals surface area contributed by atoms with Gasteiger partial charge in [0.2, 0.25) is 0 Å². The highest BCUT2D eigenvalue weighted by molar-refractivity contribution is 5.95. The van der Waals surface area contributed by atoms with Gasteiger partial charge in [0.05, 0.1) is 24.3 Å². The average Bonchev–Trinajstić information content (AvgIpc) is 2.60. The van der Waals surface area contributed by atoms with Crippen LogP contribution in [0.1, 0.15) is 62.4 Å². The lowest BCUT2D eigenvalue weighted by Crippen LogP contribution is -2.50. The van der Waals surface area contributed by atoms with Gasteiger partial charge in [0.1, 0.15) is 5.60 Å². The summed E-state index contributed by atoms with van der Waals surface area (Å²) in [5.74, 6) is -0.742. The topological polar surface area (TPSA) is 76.7 Å². The zero-order valence-electron chi connectivity index (χ0n) is 17.0. The molecule has 2 N–H and O–H groups in total. The summed E-state index contributed by atoms with van der Waals surface area (Å²) in [7, 11) is 1.16. The predicted molar refractivity (Wildman–Crippen MR) is 102 cm³/mol. The molecule has 1 fully saturated rings. The van der Waals surface area contributed by atoms with Gasteiger partial charge < -0.3 is 20.1 Å². The molecule has 0 radical (unpaired) electrons. The molecule has 6 nitrogen and oxygen atoms in total. The maximum Gasteiger partial charge on any atom is 0.416 e. The molecule has 1 amide bonds. The Hall–Kier alpha value is -2.45. The molecule has 0 aromatic heterocycles. The summed E-state index contributed by atoms with van der Waals surface area (Å²) in [6.07, 6.45) is -2.16. The molecule has 29 heavy (non-hydrogen) atoms. The Bertz CT molecular complexity index is 744. The Morgan fingerprint density at radius 1 is 1.07 bits per heavy atom. The fraction of sp³-hybridized carbons (Fsp3) is 0.600. The van der Waals surface area contributed by atoms with Gasteiger partial charge in [-0.15, -0.1) is 0 Å². The fourth-order valence-corrected chi connectivity index (χ4v) is 3.26. The Morgan fingerprint density at radius 2 is 1.69 bits per heavy atom. The van der Waals surface area contributed by atoms with Gasteiger partial charge in [-0.05, 0) is 51.8 Å². The molecular formula is C20H27F3N2O4. The summed E-state index contributed by atoms with van der Waals surface area (Å²) in [5.41, 5.74) is -1.52. The number of esters is 1.